The second-order valence-electron chi connectivity index (χ2n) is 6.57. The number of hydrogen-bond donors (Lipinski definition) is 4. The van der Waals surface area contributed by atoms with Crippen LogP contribution in [0.1, 0.15) is 15.9 Å². The van der Waals surface area contributed by atoms with E-state index in [-0.39, 0.29) is 11.3 Å². The molecule has 3 rings (SSSR count). The van der Waals surface area contributed by atoms with E-state index in [0.29, 0.717) is 29.2 Å². The highest BCUT2D eigenvalue weighted by atomic mass is 19.4. The zero-order chi connectivity index (χ0) is 24.0. The summed E-state index contributed by atoms with van der Waals surface area (Å²) in [5, 5.41) is 9.91. The van der Waals surface area contributed by atoms with Crippen molar-refractivity contribution in [1.29, 1.82) is 0 Å². The van der Waals surface area contributed by atoms with Crippen molar-refractivity contribution in [2.45, 2.75) is 6.18 Å². The lowest BCUT2D eigenvalue weighted by molar-refractivity contribution is -0.137. The second-order valence-corrected chi connectivity index (χ2v) is 6.57. The molecule has 4 N–H and O–H groups in total. The Hall–Kier alpha value is -4.35. The summed E-state index contributed by atoms with van der Waals surface area (Å²) in [6, 6.07) is 9.62. The molecule has 172 valence electrons. The minimum atomic E-state index is -4.69. The monoisotopic (exact) mass is 460 g/mol. The molecule has 3 aromatic rings. The van der Waals surface area contributed by atoms with Gasteiger partial charge >= 0.3 is 12.2 Å². The number of hydrogen-bond acceptors (Lipinski definition) is 6. The van der Waals surface area contributed by atoms with Crippen LogP contribution in [0.3, 0.4) is 0 Å². The van der Waals surface area contributed by atoms with Gasteiger partial charge in [0.05, 0.1) is 5.56 Å². The van der Waals surface area contributed by atoms with Crippen LogP contribution in [0.5, 0.6) is 11.6 Å². The van der Waals surface area contributed by atoms with Gasteiger partial charge in [0, 0.05) is 37.1 Å². The molecular weight excluding hydrogens is 441 g/mol. The fraction of sp³-hybridized carbons (Fsp3) is 0.143. The van der Waals surface area contributed by atoms with Gasteiger partial charge in [0.2, 0.25) is 5.88 Å². The quantitative estimate of drug-likeness (QED) is 0.435. The molecule has 0 fully saturated rings. The summed E-state index contributed by atoms with van der Waals surface area (Å²) in [6.07, 6.45) is -3.35. The highest BCUT2D eigenvalue weighted by Gasteiger charge is 2.32. The Bertz CT molecular complexity index is 1150. The topological polar surface area (TPSA) is 117 Å². The van der Waals surface area contributed by atoms with Crippen LogP contribution in [0.2, 0.25) is 0 Å². The maximum Gasteiger partial charge on any atom is 0.416 e. The van der Waals surface area contributed by atoms with Gasteiger partial charge in [0.15, 0.2) is 0 Å². The summed E-state index contributed by atoms with van der Waals surface area (Å²) in [4.78, 5) is 32.0. The molecule has 0 saturated carbocycles. The number of urea groups is 1. The third-order valence-electron chi connectivity index (χ3n) is 4.24. The van der Waals surface area contributed by atoms with Gasteiger partial charge in [0.25, 0.3) is 5.91 Å². The maximum atomic E-state index is 13.2. The van der Waals surface area contributed by atoms with Gasteiger partial charge in [-0.2, -0.15) is 13.2 Å². The Morgan fingerprint density at radius 3 is 2.24 bits per heavy atom. The third-order valence-corrected chi connectivity index (χ3v) is 4.24. The molecule has 0 unspecified atom stereocenters. The molecule has 0 spiro atoms. The summed E-state index contributed by atoms with van der Waals surface area (Å²) >= 11 is 0. The minimum Gasteiger partial charge on any atom is -0.439 e. The van der Waals surface area contributed by atoms with Crippen molar-refractivity contribution in [3.05, 3.63) is 66.0 Å². The Labute approximate surface area is 186 Å². The number of alkyl halides is 3. The first-order chi connectivity index (χ1) is 15.7. The number of halogens is 3. The van der Waals surface area contributed by atoms with E-state index in [2.05, 4.69) is 31.2 Å². The third kappa shape index (κ3) is 6.32. The summed E-state index contributed by atoms with van der Waals surface area (Å²) in [5.74, 6) is 0.605. The van der Waals surface area contributed by atoms with Gasteiger partial charge < -0.3 is 26.0 Å². The Balaban J connectivity index is 1.68. The summed E-state index contributed by atoms with van der Waals surface area (Å²) in [6.45, 7) is 0. The van der Waals surface area contributed by atoms with Crippen molar-refractivity contribution in [2.24, 2.45) is 0 Å². The molecule has 12 heteroatoms. The van der Waals surface area contributed by atoms with E-state index in [1.165, 1.54) is 25.5 Å². The summed E-state index contributed by atoms with van der Waals surface area (Å²) in [5.41, 5.74) is -1.14. The van der Waals surface area contributed by atoms with E-state index in [1.807, 2.05) is 0 Å². The number of nitrogens with one attached hydrogen (secondary N) is 4. The number of amides is 3. The Morgan fingerprint density at radius 2 is 1.61 bits per heavy atom. The van der Waals surface area contributed by atoms with Gasteiger partial charge in [-0.15, -0.1) is 0 Å². The molecule has 0 aliphatic rings. The number of aromatic nitrogens is 2. The van der Waals surface area contributed by atoms with E-state index in [0.717, 1.165) is 12.1 Å². The van der Waals surface area contributed by atoms with E-state index in [1.54, 1.807) is 25.2 Å². The van der Waals surface area contributed by atoms with Gasteiger partial charge in [-0.3, -0.25) is 4.79 Å². The lowest BCUT2D eigenvalue weighted by atomic mass is 10.1. The summed E-state index contributed by atoms with van der Waals surface area (Å²) in [7, 11) is 3.00. The van der Waals surface area contributed by atoms with Crippen molar-refractivity contribution in [3.8, 4) is 11.6 Å². The second kappa shape index (κ2) is 9.85. The largest absolute Gasteiger partial charge is 0.439 e. The molecule has 0 saturated heterocycles. The van der Waals surface area contributed by atoms with Crippen LogP contribution in [-0.2, 0) is 6.18 Å². The molecule has 0 radical (unpaired) electrons. The highest BCUT2D eigenvalue weighted by molar-refractivity contribution is 6.01. The van der Waals surface area contributed by atoms with Gasteiger partial charge in [0.1, 0.15) is 17.9 Å². The van der Waals surface area contributed by atoms with Crippen molar-refractivity contribution in [2.75, 3.05) is 30.0 Å². The van der Waals surface area contributed by atoms with Crippen LogP contribution < -0.4 is 26.0 Å². The fourth-order valence-electron chi connectivity index (χ4n) is 2.69. The first kappa shape index (κ1) is 23.3. The van der Waals surface area contributed by atoms with Gasteiger partial charge in [-0.25, -0.2) is 14.8 Å². The van der Waals surface area contributed by atoms with Crippen LogP contribution in [-0.4, -0.2) is 36.0 Å². The smallest absolute Gasteiger partial charge is 0.416 e. The number of benzene rings is 2. The standard InChI is InChI=1S/C21H19F3N6O3/c1-25-17-10-18(28-11-27-17)33-16-5-3-14(4-6-16)29-20(32)30-15-8-12(19(31)26-2)7-13(9-15)21(22,23)24/h3-11H,1-2H3,(H,26,31)(H,25,27,28)(H2,29,30,32). The molecule has 9 nitrogen and oxygen atoms in total. The number of carbonyl (C=O) groups excluding carboxylic acids is 2. The molecular formula is C21H19F3N6O3. The van der Waals surface area contributed by atoms with Crippen LogP contribution in [0, 0.1) is 0 Å². The molecule has 0 atom stereocenters. The number of ether oxygens (including phenoxy) is 1. The van der Waals surface area contributed by atoms with Crippen molar-refractivity contribution in [1.82, 2.24) is 15.3 Å². The average Bonchev–Trinajstić information content (AvgIpc) is 2.79. The molecule has 2 aromatic carbocycles. The molecule has 0 aliphatic heterocycles. The summed E-state index contributed by atoms with van der Waals surface area (Å²) < 4.78 is 45.1. The van der Waals surface area contributed by atoms with Gasteiger partial charge in [-0.05, 0) is 42.5 Å². The van der Waals surface area contributed by atoms with Crippen molar-refractivity contribution >= 4 is 29.1 Å². The Morgan fingerprint density at radius 1 is 0.909 bits per heavy atom. The van der Waals surface area contributed by atoms with E-state index >= 15 is 0 Å². The van der Waals surface area contributed by atoms with E-state index in [4.69, 9.17) is 4.74 Å². The molecule has 1 heterocycles. The number of rotatable bonds is 6. The lowest BCUT2D eigenvalue weighted by Crippen LogP contribution is -2.22. The lowest BCUT2D eigenvalue weighted by Gasteiger charge is -2.13. The van der Waals surface area contributed by atoms with Crippen LogP contribution in [0.4, 0.5) is 35.2 Å². The predicted octanol–water partition coefficient (Wildman–Crippen LogP) is 4.33. The first-order valence-electron chi connectivity index (χ1n) is 9.48. The predicted molar refractivity (Wildman–Crippen MR) is 116 cm³/mol. The molecule has 0 bridgehead atoms. The SMILES string of the molecule is CNC(=O)c1cc(NC(=O)Nc2ccc(Oc3cc(NC)ncn3)cc2)cc(C(F)(F)F)c1. The van der Waals surface area contributed by atoms with E-state index < -0.39 is 23.7 Å². The minimum absolute atomic E-state index is 0.190. The number of carbonyl (C=O) groups is 2. The zero-order valence-corrected chi connectivity index (χ0v) is 17.4. The average molecular weight is 460 g/mol. The Kier molecular flexibility index (Phi) is 6.96. The zero-order valence-electron chi connectivity index (χ0n) is 17.4. The van der Waals surface area contributed by atoms with Crippen molar-refractivity contribution < 1.29 is 27.5 Å². The molecule has 3 amide bonds. The van der Waals surface area contributed by atoms with Crippen LogP contribution in [0.15, 0.2) is 54.9 Å². The first-order valence-corrected chi connectivity index (χ1v) is 9.48. The number of nitrogens with zero attached hydrogens (tertiary/aromatic N) is 2. The molecule has 33 heavy (non-hydrogen) atoms. The van der Waals surface area contributed by atoms with Crippen LogP contribution >= 0.6 is 0 Å². The van der Waals surface area contributed by atoms with E-state index in [9.17, 15) is 22.8 Å². The fourth-order valence-corrected chi connectivity index (χ4v) is 2.69. The normalized spacial score (nSPS) is 10.8. The number of anilines is 3. The highest BCUT2D eigenvalue weighted by Crippen LogP contribution is 2.32. The molecule has 1 aromatic heterocycles. The van der Waals surface area contributed by atoms with Crippen LogP contribution in [0.25, 0.3) is 0 Å². The maximum absolute atomic E-state index is 13.2. The molecule has 0 aliphatic carbocycles. The van der Waals surface area contributed by atoms with Crippen molar-refractivity contribution in [3.63, 3.8) is 0 Å². The van der Waals surface area contributed by atoms with Gasteiger partial charge in [-0.1, -0.05) is 0 Å².